The highest BCUT2D eigenvalue weighted by Crippen LogP contribution is 2.33. The van der Waals surface area contributed by atoms with Crippen molar-refractivity contribution in [3.63, 3.8) is 0 Å². The van der Waals surface area contributed by atoms with Gasteiger partial charge in [-0.15, -0.1) is 24.8 Å². The van der Waals surface area contributed by atoms with E-state index in [1.165, 1.54) is 6.07 Å². The Bertz CT molecular complexity index is 993. The standard InChI is InChI=1S/C25H34N4O8.2ClH/c30-21-5-4-19(23(31)27-21)29-24(32)18-2-1-3-20(22(18)25(29)33)37-17-16-36-15-14-35-13-12-34-11-10-28-8-6-26-7-9-28;;/h1-3,19,26H,4-17H2,(H,27,30,31);2*1H. The number of halogens is 2. The molecule has 3 aliphatic heterocycles. The van der Waals surface area contributed by atoms with Crippen LogP contribution in [0.25, 0.3) is 0 Å². The highest BCUT2D eigenvalue weighted by molar-refractivity contribution is 6.24. The summed E-state index contributed by atoms with van der Waals surface area (Å²) in [4.78, 5) is 52.8. The molecule has 14 heteroatoms. The molecule has 4 rings (SSSR count). The molecule has 4 amide bonds. The lowest BCUT2D eigenvalue weighted by atomic mass is 10.0. The zero-order chi connectivity index (χ0) is 26.0. The molecule has 0 radical (unpaired) electrons. The zero-order valence-electron chi connectivity index (χ0n) is 21.7. The van der Waals surface area contributed by atoms with E-state index in [1.54, 1.807) is 12.1 Å². The third kappa shape index (κ3) is 8.84. The molecule has 1 atom stereocenters. The number of carbonyl (C=O) groups is 4. The van der Waals surface area contributed by atoms with Crippen LogP contribution in [0.1, 0.15) is 33.6 Å². The predicted octanol–water partition coefficient (Wildman–Crippen LogP) is 0.265. The van der Waals surface area contributed by atoms with Gasteiger partial charge in [0, 0.05) is 39.1 Å². The second-order valence-corrected chi connectivity index (χ2v) is 8.90. The monoisotopic (exact) mass is 590 g/mol. The Morgan fingerprint density at radius 1 is 0.821 bits per heavy atom. The van der Waals surface area contributed by atoms with Crippen molar-refractivity contribution in [3.8, 4) is 5.75 Å². The van der Waals surface area contributed by atoms with Gasteiger partial charge in [0.2, 0.25) is 11.8 Å². The first kappa shape index (κ1) is 32.9. The summed E-state index contributed by atoms with van der Waals surface area (Å²) in [6, 6.07) is 3.73. The molecule has 1 aromatic rings. The van der Waals surface area contributed by atoms with Crippen LogP contribution in [0.5, 0.6) is 5.75 Å². The van der Waals surface area contributed by atoms with Crippen molar-refractivity contribution in [2.24, 2.45) is 0 Å². The second-order valence-electron chi connectivity index (χ2n) is 8.90. The van der Waals surface area contributed by atoms with E-state index in [4.69, 9.17) is 18.9 Å². The van der Waals surface area contributed by atoms with E-state index in [9.17, 15) is 19.2 Å². The minimum atomic E-state index is -1.01. The zero-order valence-corrected chi connectivity index (χ0v) is 23.3. The molecule has 0 aliphatic carbocycles. The Labute approximate surface area is 239 Å². The minimum Gasteiger partial charge on any atom is -0.490 e. The molecule has 0 aromatic heterocycles. The Kier molecular flexibility index (Phi) is 14.1. The number of piperazine rings is 1. The van der Waals surface area contributed by atoms with Gasteiger partial charge in [-0.25, -0.2) is 0 Å². The van der Waals surface area contributed by atoms with Gasteiger partial charge in [0.15, 0.2) is 0 Å². The summed E-state index contributed by atoms with van der Waals surface area (Å²) in [6.45, 7) is 8.10. The number of carbonyl (C=O) groups excluding carboxylic acids is 4. The average Bonchev–Trinajstić information content (AvgIpc) is 3.15. The van der Waals surface area contributed by atoms with Crippen LogP contribution in [0.3, 0.4) is 0 Å². The fourth-order valence-electron chi connectivity index (χ4n) is 4.49. The molecular weight excluding hydrogens is 555 g/mol. The van der Waals surface area contributed by atoms with Crippen molar-refractivity contribution in [2.45, 2.75) is 18.9 Å². The van der Waals surface area contributed by atoms with Gasteiger partial charge in [-0.1, -0.05) is 6.07 Å². The molecule has 218 valence electrons. The molecule has 0 bridgehead atoms. The molecule has 0 saturated carbocycles. The number of amides is 4. The summed E-state index contributed by atoms with van der Waals surface area (Å²) in [7, 11) is 0. The maximum Gasteiger partial charge on any atom is 0.266 e. The van der Waals surface area contributed by atoms with Crippen molar-refractivity contribution in [2.75, 3.05) is 79.0 Å². The summed E-state index contributed by atoms with van der Waals surface area (Å²) in [6.07, 6.45) is 0.170. The molecule has 3 aliphatic rings. The van der Waals surface area contributed by atoms with Gasteiger partial charge in [0.1, 0.15) is 18.4 Å². The quantitative estimate of drug-likeness (QED) is 0.229. The molecule has 1 aromatic carbocycles. The van der Waals surface area contributed by atoms with Crippen LogP contribution >= 0.6 is 24.8 Å². The van der Waals surface area contributed by atoms with E-state index in [-0.39, 0.29) is 67.7 Å². The summed E-state index contributed by atoms with van der Waals surface area (Å²) in [5.41, 5.74) is 0.300. The first-order chi connectivity index (χ1) is 18.1. The van der Waals surface area contributed by atoms with Crippen molar-refractivity contribution in [3.05, 3.63) is 29.3 Å². The smallest absolute Gasteiger partial charge is 0.266 e. The number of rotatable bonds is 14. The van der Waals surface area contributed by atoms with Crippen molar-refractivity contribution in [1.82, 2.24) is 20.4 Å². The number of benzene rings is 1. The predicted molar refractivity (Wildman–Crippen MR) is 145 cm³/mol. The SMILES string of the molecule is Cl.Cl.O=C1CCC(N2C(=O)c3cccc(OCCOCCOCCOCCN4CCNCC4)c3C2=O)C(=O)N1. The summed E-state index contributed by atoms with van der Waals surface area (Å²) in [5, 5.41) is 5.51. The van der Waals surface area contributed by atoms with Gasteiger partial charge in [-0.3, -0.25) is 34.3 Å². The van der Waals surface area contributed by atoms with E-state index >= 15 is 0 Å². The maximum absolute atomic E-state index is 13.0. The van der Waals surface area contributed by atoms with Crippen molar-refractivity contribution in [1.29, 1.82) is 0 Å². The Hall–Kier alpha value is -2.32. The molecule has 0 spiro atoms. The lowest BCUT2D eigenvalue weighted by molar-refractivity contribution is -0.136. The maximum atomic E-state index is 13.0. The Morgan fingerprint density at radius 3 is 2.13 bits per heavy atom. The Morgan fingerprint density at radius 2 is 1.46 bits per heavy atom. The molecule has 12 nitrogen and oxygen atoms in total. The van der Waals surface area contributed by atoms with Crippen LogP contribution in [0.2, 0.25) is 0 Å². The number of piperidine rings is 1. The summed E-state index contributed by atoms with van der Waals surface area (Å²) < 4.78 is 22.3. The van der Waals surface area contributed by atoms with E-state index in [1.807, 2.05) is 0 Å². The van der Waals surface area contributed by atoms with Crippen LogP contribution in [-0.4, -0.2) is 118 Å². The lowest BCUT2D eigenvalue weighted by Gasteiger charge is -2.27. The van der Waals surface area contributed by atoms with Gasteiger partial charge in [-0.05, 0) is 18.6 Å². The highest BCUT2D eigenvalue weighted by atomic mass is 35.5. The topological polar surface area (TPSA) is 136 Å². The van der Waals surface area contributed by atoms with Crippen LogP contribution < -0.4 is 15.4 Å². The van der Waals surface area contributed by atoms with Gasteiger partial charge >= 0.3 is 0 Å². The highest BCUT2D eigenvalue weighted by Gasteiger charge is 2.45. The summed E-state index contributed by atoms with van der Waals surface area (Å²) >= 11 is 0. The molecule has 39 heavy (non-hydrogen) atoms. The molecule has 3 heterocycles. The van der Waals surface area contributed by atoms with E-state index in [0.717, 1.165) is 37.6 Å². The summed E-state index contributed by atoms with van der Waals surface area (Å²) in [5.74, 6) is -1.98. The van der Waals surface area contributed by atoms with Crippen molar-refractivity contribution >= 4 is 48.4 Å². The van der Waals surface area contributed by atoms with Crippen LogP contribution in [0, 0.1) is 0 Å². The van der Waals surface area contributed by atoms with Gasteiger partial charge in [0.05, 0.1) is 50.8 Å². The molecular formula is C25H36Cl2N4O8. The molecule has 2 fully saturated rings. The normalized spacial score (nSPS) is 19.3. The number of fused-ring (bicyclic) bond motifs is 1. The molecule has 1 unspecified atom stereocenters. The van der Waals surface area contributed by atoms with Crippen LogP contribution in [-0.2, 0) is 23.8 Å². The number of hydrogen-bond donors (Lipinski definition) is 2. The first-order valence-corrected chi connectivity index (χ1v) is 12.7. The van der Waals surface area contributed by atoms with Crippen LogP contribution in [0.15, 0.2) is 18.2 Å². The number of imide groups is 2. The van der Waals surface area contributed by atoms with E-state index < -0.39 is 29.7 Å². The third-order valence-corrected chi connectivity index (χ3v) is 6.42. The fourth-order valence-corrected chi connectivity index (χ4v) is 4.49. The third-order valence-electron chi connectivity index (χ3n) is 6.42. The minimum absolute atomic E-state index is 0. The first-order valence-electron chi connectivity index (χ1n) is 12.7. The molecule has 2 N–H and O–H groups in total. The average molecular weight is 591 g/mol. The van der Waals surface area contributed by atoms with Gasteiger partial charge < -0.3 is 24.3 Å². The Balaban J connectivity index is 0.00000267. The van der Waals surface area contributed by atoms with Crippen LogP contribution in [0.4, 0.5) is 0 Å². The lowest BCUT2D eigenvalue weighted by Crippen LogP contribution is -2.54. The van der Waals surface area contributed by atoms with Crippen molar-refractivity contribution < 1.29 is 38.1 Å². The van der Waals surface area contributed by atoms with E-state index in [2.05, 4.69) is 15.5 Å². The largest absolute Gasteiger partial charge is 0.490 e. The van der Waals surface area contributed by atoms with Gasteiger partial charge in [-0.2, -0.15) is 0 Å². The fraction of sp³-hybridized carbons (Fsp3) is 0.600. The number of hydrogen-bond acceptors (Lipinski definition) is 10. The number of nitrogens with zero attached hydrogens (tertiary/aromatic N) is 2. The second kappa shape index (κ2) is 16.7. The van der Waals surface area contributed by atoms with Gasteiger partial charge in [0.25, 0.3) is 11.8 Å². The number of nitrogens with one attached hydrogen (secondary N) is 2. The van der Waals surface area contributed by atoms with E-state index in [0.29, 0.717) is 33.0 Å². The molecule has 2 saturated heterocycles. The number of ether oxygens (including phenoxy) is 4.